The Labute approximate surface area is 116 Å². The van der Waals surface area contributed by atoms with Crippen LogP contribution in [0.1, 0.15) is 18.9 Å². The van der Waals surface area contributed by atoms with E-state index in [-0.39, 0.29) is 24.6 Å². The summed E-state index contributed by atoms with van der Waals surface area (Å²) in [5.41, 5.74) is 1.38. The maximum atomic E-state index is 13.2. The van der Waals surface area contributed by atoms with Gasteiger partial charge in [-0.15, -0.1) is 0 Å². The van der Waals surface area contributed by atoms with Gasteiger partial charge in [0, 0.05) is 18.3 Å². The lowest BCUT2D eigenvalue weighted by Crippen LogP contribution is -2.43. The van der Waals surface area contributed by atoms with Crippen molar-refractivity contribution in [1.29, 1.82) is 0 Å². The SMILES string of the molecule is CCOC(=O)C1CC(=O)C=CN1c1ccc(F)cc1C. The first-order valence-electron chi connectivity index (χ1n) is 6.45. The fourth-order valence-corrected chi connectivity index (χ4v) is 2.22. The molecule has 1 atom stereocenters. The van der Waals surface area contributed by atoms with Crippen molar-refractivity contribution < 1.29 is 18.7 Å². The second-order valence-electron chi connectivity index (χ2n) is 4.59. The highest BCUT2D eigenvalue weighted by atomic mass is 19.1. The fourth-order valence-electron chi connectivity index (χ4n) is 2.22. The van der Waals surface area contributed by atoms with E-state index in [2.05, 4.69) is 0 Å². The largest absolute Gasteiger partial charge is 0.464 e. The smallest absolute Gasteiger partial charge is 0.329 e. The highest BCUT2D eigenvalue weighted by Crippen LogP contribution is 2.27. The molecule has 0 amide bonds. The summed E-state index contributed by atoms with van der Waals surface area (Å²) in [7, 11) is 0. The van der Waals surface area contributed by atoms with Gasteiger partial charge in [-0.05, 0) is 43.7 Å². The quantitative estimate of drug-likeness (QED) is 0.796. The zero-order valence-electron chi connectivity index (χ0n) is 11.4. The number of benzene rings is 1. The first-order valence-corrected chi connectivity index (χ1v) is 6.45. The van der Waals surface area contributed by atoms with Gasteiger partial charge in [0.05, 0.1) is 6.61 Å². The molecule has 1 aliphatic heterocycles. The monoisotopic (exact) mass is 277 g/mol. The third-order valence-corrected chi connectivity index (χ3v) is 3.15. The molecule has 0 spiro atoms. The first-order chi connectivity index (χ1) is 9.52. The third-order valence-electron chi connectivity index (χ3n) is 3.15. The molecule has 0 saturated heterocycles. The van der Waals surface area contributed by atoms with Crippen LogP contribution < -0.4 is 4.90 Å². The molecule has 5 heteroatoms. The zero-order chi connectivity index (χ0) is 14.7. The van der Waals surface area contributed by atoms with Crippen molar-refractivity contribution in [2.75, 3.05) is 11.5 Å². The number of hydrogen-bond donors (Lipinski definition) is 0. The molecule has 0 saturated carbocycles. The Morgan fingerprint density at radius 2 is 2.25 bits per heavy atom. The molecule has 1 heterocycles. The number of esters is 1. The predicted molar refractivity (Wildman–Crippen MR) is 72.8 cm³/mol. The predicted octanol–water partition coefficient (Wildman–Crippen LogP) is 2.36. The van der Waals surface area contributed by atoms with Crippen LogP contribution in [0, 0.1) is 12.7 Å². The van der Waals surface area contributed by atoms with Gasteiger partial charge in [0.15, 0.2) is 5.78 Å². The summed E-state index contributed by atoms with van der Waals surface area (Å²) in [5, 5.41) is 0. The lowest BCUT2D eigenvalue weighted by molar-refractivity contribution is -0.145. The molecular weight excluding hydrogens is 261 g/mol. The maximum absolute atomic E-state index is 13.2. The van der Waals surface area contributed by atoms with E-state index < -0.39 is 12.0 Å². The molecule has 2 rings (SSSR count). The molecule has 4 nitrogen and oxygen atoms in total. The minimum absolute atomic E-state index is 0.0617. The van der Waals surface area contributed by atoms with Crippen molar-refractivity contribution in [2.45, 2.75) is 26.3 Å². The van der Waals surface area contributed by atoms with Crippen molar-refractivity contribution in [3.63, 3.8) is 0 Å². The zero-order valence-corrected chi connectivity index (χ0v) is 11.4. The van der Waals surface area contributed by atoms with Crippen LogP contribution in [-0.4, -0.2) is 24.4 Å². The van der Waals surface area contributed by atoms with Gasteiger partial charge in [0.2, 0.25) is 0 Å². The van der Waals surface area contributed by atoms with Crippen LogP contribution in [0.2, 0.25) is 0 Å². The van der Waals surface area contributed by atoms with Crippen molar-refractivity contribution in [3.8, 4) is 0 Å². The van der Waals surface area contributed by atoms with Gasteiger partial charge in [0.25, 0.3) is 0 Å². The molecule has 0 N–H and O–H groups in total. The van der Waals surface area contributed by atoms with Gasteiger partial charge >= 0.3 is 5.97 Å². The molecule has 0 fully saturated rings. The Morgan fingerprint density at radius 3 is 2.90 bits per heavy atom. The van der Waals surface area contributed by atoms with Crippen LogP contribution in [0.5, 0.6) is 0 Å². The van der Waals surface area contributed by atoms with Gasteiger partial charge < -0.3 is 9.64 Å². The van der Waals surface area contributed by atoms with Gasteiger partial charge in [-0.25, -0.2) is 9.18 Å². The van der Waals surface area contributed by atoms with Gasteiger partial charge in [0.1, 0.15) is 11.9 Å². The lowest BCUT2D eigenvalue weighted by Gasteiger charge is -2.32. The van der Waals surface area contributed by atoms with Gasteiger partial charge in [-0.2, -0.15) is 0 Å². The Balaban J connectivity index is 2.37. The Morgan fingerprint density at radius 1 is 1.50 bits per heavy atom. The normalized spacial score (nSPS) is 18.2. The number of anilines is 1. The number of halogens is 1. The molecule has 0 bridgehead atoms. The molecule has 0 radical (unpaired) electrons. The van der Waals surface area contributed by atoms with E-state index >= 15 is 0 Å². The molecule has 0 aliphatic carbocycles. The van der Waals surface area contributed by atoms with Crippen LogP contribution in [0.25, 0.3) is 0 Å². The first kappa shape index (κ1) is 14.2. The molecular formula is C15H16FNO3. The van der Waals surface area contributed by atoms with Crippen molar-refractivity contribution in [2.24, 2.45) is 0 Å². The van der Waals surface area contributed by atoms with E-state index in [4.69, 9.17) is 4.74 Å². The maximum Gasteiger partial charge on any atom is 0.329 e. The number of carbonyl (C=O) groups is 2. The van der Waals surface area contributed by atoms with E-state index in [9.17, 15) is 14.0 Å². The number of nitrogens with zero attached hydrogens (tertiary/aromatic N) is 1. The molecule has 106 valence electrons. The van der Waals surface area contributed by atoms with Crippen molar-refractivity contribution >= 4 is 17.4 Å². The Kier molecular flexibility index (Phi) is 4.17. The number of ketones is 1. The summed E-state index contributed by atoms with van der Waals surface area (Å²) in [6.45, 7) is 3.72. The van der Waals surface area contributed by atoms with Crippen LogP contribution in [0.3, 0.4) is 0 Å². The van der Waals surface area contributed by atoms with Crippen LogP contribution in [0.4, 0.5) is 10.1 Å². The molecule has 1 aliphatic rings. The van der Waals surface area contributed by atoms with E-state index in [0.29, 0.717) is 11.3 Å². The summed E-state index contributed by atoms with van der Waals surface area (Å²) < 4.78 is 18.2. The number of rotatable bonds is 3. The highest BCUT2D eigenvalue weighted by Gasteiger charge is 2.31. The second kappa shape index (κ2) is 5.86. The summed E-state index contributed by atoms with van der Waals surface area (Å²) >= 11 is 0. The van der Waals surface area contributed by atoms with Gasteiger partial charge in [-0.1, -0.05) is 0 Å². The highest BCUT2D eigenvalue weighted by molar-refractivity contribution is 5.98. The second-order valence-corrected chi connectivity index (χ2v) is 4.59. The average molecular weight is 277 g/mol. The Bertz CT molecular complexity index is 568. The number of carbonyl (C=O) groups excluding carboxylic acids is 2. The van der Waals surface area contributed by atoms with Crippen molar-refractivity contribution in [3.05, 3.63) is 41.9 Å². The van der Waals surface area contributed by atoms with E-state index in [1.165, 1.54) is 18.2 Å². The summed E-state index contributed by atoms with van der Waals surface area (Å²) in [6, 6.07) is 3.62. The van der Waals surface area contributed by atoms with Gasteiger partial charge in [-0.3, -0.25) is 4.79 Å². The molecule has 1 aromatic rings. The fraction of sp³-hybridized carbons (Fsp3) is 0.333. The minimum atomic E-state index is -0.698. The lowest BCUT2D eigenvalue weighted by atomic mass is 10.0. The van der Waals surface area contributed by atoms with E-state index in [1.807, 2.05) is 0 Å². The van der Waals surface area contributed by atoms with Crippen LogP contribution in [0.15, 0.2) is 30.5 Å². The number of allylic oxidation sites excluding steroid dienone is 1. The molecule has 1 aromatic carbocycles. The van der Waals surface area contributed by atoms with E-state index in [0.717, 1.165) is 0 Å². The number of ether oxygens (including phenoxy) is 1. The minimum Gasteiger partial charge on any atom is -0.464 e. The molecule has 1 unspecified atom stereocenters. The Hall–Kier alpha value is -2.17. The average Bonchev–Trinajstić information content (AvgIpc) is 2.39. The molecule has 20 heavy (non-hydrogen) atoms. The third kappa shape index (κ3) is 2.87. The topological polar surface area (TPSA) is 46.6 Å². The van der Waals surface area contributed by atoms with Crippen LogP contribution >= 0.6 is 0 Å². The summed E-state index contributed by atoms with van der Waals surface area (Å²) in [4.78, 5) is 25.2. The number of hydrogen-bond acceptors (Lipinski definition) is 4. The molecule has 0 aromatic heterocycles. The standard InChI is InChI=1S/C15H16FNO3/c1-3-20-15(19)14-9-12(18)6-7-17(14)13-5-4-11(16)8-10(13)2/h4-8,14H,3,9H2,1-2H3. The van der Waals surface area contributed by atoms with E-state index in [1.54, 1.807) is 31.0 Å². The summed E-state index contributed by atoms with van der Waals surface area (Å²) in [6.07, 6.45) is 3.03. The number of aryl methyl sites for hydroxylation is 1. The summed E-state index contributed by atoms with van der Waals surface area (Å²) in [5.74, 6) is -0.913. The van der Waals surface area contributed by atoms with Crippen molar-refractivity contribution in [1.82, 2.24) is 0 Å². The van der Waals surface area contributed by atoms with Crippen LogP contribution in [-0.2, 0) is 14.3 Å².